The number of halogens is 1. The summed E-state index contributed by atoms with van der Waals surface area (Å²) in [5.41, 5.74) is 2.08. The summed E-state index contributed by atoms with van der Waals surface area (Å²) in [6.07, 6.45) is 0.721. The van der Waals surface area contributed by atoms with E-state index >= 15 is 0 Å². The summed E-state index contributed by atoms with van der Waals surface area (Å²) in [7, 11) is 0. The van der Waals surface area contributed by atoms with Gasteiger partial charge in [0.1, 0.15) is 5.76 Å². The van der Waals surface area contributed by atoms with E-state index in [0.717, 1.165) is 23.8 Å². The van der Waals surface area contributed by atoms with Crippen LogP contribution in [0.25, 0.3) is 0 Å². The fraction of sp³-hybridized carbons (Fsp3) is 0.250. The minimum atomic E-state index is 0.383. The van der Waals surface area contributed by atoms with Crippen LogP contribution < -0.4 is 0 Å². The molecule has 0 radical (unpaired) electrons. The van der Waals surface area contributed by atoms with Gasteiger partial charge in [0, 0.05) is 6.42 Å². The van der Waals surface area contributed by atoms with Gasteiger partial charge in [-0.05, 0) is 12.5 Å². The monoisotopic (exact) mass is 221 g/mol. The highest BCUT2D eigenvalue weighted by atomic mass is 35.5. The lowest BCUT2D eigenvalue weighted by Gasteiger charge is -1.95. The Morgan fingerprint density at radius 3 is 2.60 bits per heavy atom. The van der Waals surface area contributed by atoms with Gasteiger partial charge in [-0.25, -0.2) is 4.98 Å². The van der Waals surface area contributed by atoms with Gasteiger partial charge in [-0.3, -0.25) is 0 Å². The molecule has 0 bridgehead atoms. The smallest absolute Gasteiger partial charge is 0.199 e. The van der Waals surface area contributed by atoms with Crippen molar-refractivity contribution in [3.05, 3.63) is 53.2 Å². The topological polar surface area (TPSA) is 26.0 Å². The third kappa shape index (κ3) is 2.39. The number of rotatable bonds is 3. The van der Waals surface area contributed by atoms with E-state index in [1.54, 1.807) is 0 Å². The molecule has 0 aliphatic rings. The zero-order valence-corrected chi connectivity index (χ0v) is 9.29. The normalized spacial score (nSPS) is 10.5. The number of alkyl halides is 1. The molecule has 1 heterocycles. The van der Waals surface area contributed by atoms with Crippen LogP contribution in [0.2, 0.25) is 0 Å². The summed E-state index contributed by atoms with van der Waals surface area (Å²) >= 11 is 5.71. The van der Waals surface area contributed by atoms with Crippen molar-refractivity contribution in [1.82, 2.24) is 4.98 Å². The average molecular weight is 222 g/mol. The van der Waals surface area contributed by atoms with E-state index in [2.05, 4.69) is 17.1 Å². The highest BCUT2D eigenvalue weighted by Gasteiger charge is 2.08. The molecule has 78 valence electrons. The van der Waals surface area contributed by atoms with Crippen molar-refractivity contribution in [3.8, 4) is 0 Å². The highest BCUT2D eigenvalue weighted by molar-refractivity contribution is 6.16. The van der Waals surface area contributed by atoms with Crippen molar-refractivity contribution in [2.24, 2.45) is 0 Å². The van der Waals surface area contributed by atoms with Crippen molar-refractivity contribution < 1.29 is 4.42 Å². The standard InChI is InChI=1S/C12H12ClNO/c1-9-11(8-13)15-12(14-9)7-10-5-3-2-4-6-10/h2-6H,7-8H2,1H3. The molecule has 0 aliphatic carbocycles. The van der Waals surface area contributed by atoms with Gasteiger partial charge in [-0.2, -0.15) is 0 Å². The van der Waals surface area contributed by atoms with E-state index in [-0.39, 0.29) is 0 Å². The Hall–Kier alpha value is -1.28. The molecule has 1 aromatic carbocycles. The van der Waals surface area contributed by atoms with Crippen molar-refractivity contribution in [1.29, 1.82) is 0 Å². The van der Waals surface area contributed by atoms with Crippen LogP contribution in [0, 0.1) is 6.92 Å². The number of aryl methyl sites for hydroxylation is 1. The van der Waals surface area contributed by atoms with Crippen LogP contribution in [0.3, 0.4) is 0 Å². The van der Waals surface area contributed by atoms with Crippen molar-refractivity contribution in [3.63, 3.8) is 0 Å². The Morgan fingerprint density at radius 1 is 1.27 bits per heavy atom. The summed E-state index contributed by atoms with van der Waals surface area (Å²) in [5.74, 6) is 1.88. The van der Waals surface area contributed by atoms with Gasteiger partial charge in [0.15, 0.2) is 5.89 Å². The van der Waals surface area contributed by atoms with Crippen LogP contribution in [-0.2, 0) is 12.3 Å². The van der Waals surface area contributed by atoms with E-state index in [1.165, 1.54) is 5.56 Å². The average Bonchev–Trinajstić information content (AvgIpc) is 2.60. The number of nitrogens with zero attached hydrogens (tertiary/aromatic N) is 1. The van der Waals surface area contributed by atoms with E-state index in [0.29, 0.717) is 5.88 Å². The first-order valence-corrected chi connectivity index (χ1v) is 5.38. The highest BCUT2D eigenvalue weighted by Crippen LogP contribution is 2.15. The first-order valence-electron chi connectivity index (χ1n) is 4.84. The summed E-state index contributed by atoms with van der Waals surface area (Å²) in [4.78, 5) is 4.33. The van der Waals surface area contributed by atoms with Gasteiger partial charge in [-0.15, -0.1) is 11.6 Å². The molecule has 2 nitrogen and oxygen atoms in total. The Kier molecular flexibility index (Phi) is 3.07. The van der Waals surface area contributed by atoms with Gasteiger partial charge in [0.05, 0.1) is 11.6 Å². The maximum atomic E-state index is 5.71. The van der Waals surface area contributed by atoms with E-state index in [4.69, 9.17) is 16.0 Å². The first-order chi connectivity index (χ1) is 7.29. The Morgan fingerprint density at radius 2 is 2.00 bits per heavy atom. The number of hydrogen-bond donors (Lipinski definition) is 0. The second-order valence-electron chi connectivity index (χ2n) is 3.41. The molecule has 2 rings (SSSR count). The van der Waals surface area contributed by atoms with Crippen LogP contribution in [0.5, 0.6) is 0 Å². The molecule has 1 aromatic heterocycles. The van der Waals surface area contributed by atoms with Crippen LogP contribution in [0.15, 0.2) is 34.7 Å². The third-order valence-corrected chi connectivity index (χ3v) is 2.50. The number of oxazole rings is 1. The Balaban J connectivity index is 2.18. The molecule has 0 amide bonds. The van der Waals surface area contributed by atoms with Gasteiger partial charge >= 0.3 is 0 Å². The quantitative estimate of drug-likeness (QED) is 0.744. The van der Waals surface area contributed by atoms with E-state index in [9.17, 15) is 0 Å². The van der Waals surface area contributed by atoms with Crippen LogP contribution in [-0.4, -0.2) is 4.98 Å². The molecule has 0 aliphatic heterocycles. The minimum absolute atomic E-state index is 0.383. The fourth-order valence-electron chi connectivity index (χ4n) is 1.46. The Labute approximate surface area is 93.9 Å². The molecule has 0 atom stereocenters. The van der Waals surface area contributed by atoms with Gasteiger partial charge in [0.2, 0.25) is 0 Å². The molecule has 0 N–H and O–H groups in total. The second kappa shape index (κ2) is 4.49. The van der Waals surface area contributed by atoms with Crippen molar-refractivity contribution in [2.75, 3.05) is 0 Å². The van der Waals surface area contributed by atoms with Gasteiger partial charge in [-0.1, -0.05) is 30.3 Å². The van der Waals surface area contributed by atoms with Gasteiger partial charge < -0.3 is 4.42 Å². The molecular weight excluding hydrogens is 210 g/mol. The van der Waals surface area contributed by atoms with Crippen molar-refractivity contribution in [2.45, 2.75) is 19.2 Å². The lowest BCUT2D eigenvalue weighted by molar-refractivity contribution is 0.477. The molecule has 15 heavy (non-hydrogen) atoms. The van der Waals surface area contributed by atoms with Crippen LogP contribution in [0.1, 0.15) is 22.9 Å². The SMILES string of the molecule is Cc1nc(Cc2ccccc2)oc1CCl. The largest absolute Gasteiger partial charge is 0.444 e. The van der Waals surface area contributed by atoms with Crippen LogP contribution in [0.4, 0.5) is 0 Å². The maximum absolute atomic E-state index is 5.71. The molecule has 0 unspecified atom stereocenters. The summed E-state index contributed by atoms with van der Waals surface area (Å²) in [5, 5.41) is 0. The van der Waals surface area contributed by atoms with Crippen molar-refractivity contribution >= 4 is 11.6 Å². The Bertz CT molecular complexity index is 436. The maximum Gasteiger partial charge on any atom is 0.199 e. The molecule has 2 aromatic rings. The first kappa shape index (κ1) is 10.2. The molecule has 0 spiro atoms. The van der Waals surface area contributed by atoms with E-state index in [1.807, 2.05) is 25.1 Å². The number of benzene rings is 1. The predicted octanol–water partition coefficient (Wildman–Crippen LogP) is 3.31. The lowest BCUT2D eigenvalue weighted by Crippen LogP contribution is -1.87. The third-order valence-electron chi connectivity index (χ3n) is 2.26. The number of aromatic nitrogens is 1. The zero-order chi connectivity index (χ0) is 10.7. The van der Waals surface area contributed by atoms with Crippen LogP contribution >= 0.6 is 11.6 Å². The number of hydrogen-bond acceptors (Lipinski definition) is 2. The minimum Gasteiger partial charge on any atom is -0.444 e. The molecule has 3 heteroatoms. The molecule has 0 saturated heterocycles. The summed E-state index contributed by atoms with van der Waals surface area (Å²) < 4.78 is 5.52. The summed E-state index contributed by atoms with van der Waals surface area (Å²) in [6.45, 7) is 1.91. The zero-order valence-electron chi connectivity index (χ0n) is 8.53. The second-order valence-corrected chi connectivity index (χ2v) is 3.68. The van der Waals surface area contributed by atoms with E-state index < -0.39 is 0 Å². The molecule has 0 fully saturated rings. The lowest BCUT2D eigenvalue weighted by atomic mass is 10.1. The summed E-state index contributed by atoms with van der Waals surface area (Å²) in [6, 6.07) is 10.1. The molecule has 0 saturated carbocycles. The fourth-order valence-corrected chi connectivity index (χ4v) is 1.71. The predicted molar refractivity (Wildman–Crippen MR) is 60.0 cm³/mol. The van der Waals surface area contributed by atoms with Gasteiger partial charge in [0.25, 0.3) is 0 Å². The molecular formula is C12H12ClNO.